The van der Waals surface area contributed by atoms with Gasteiger partial charge in [-0.05, 0) is 25.8 Å². The summed E-state index contributed by atoms with van der Waals surface area (Å²) in [4.78, 5) is 0. The summed E-state index contributed by atoms with van der Waals surface area (Å²) in [5.74, 6) is 0.944. The Morgan fingerprint density at radius 3 is 2.60 bits per heavy atom. The lowest BCUT2D eigenvalue weighted by atomic mass is 10.0. The Morgan fingerprint density at radius 2 is 1.90 bits per heavy atom. The van der Waals surface area contributed by atoms with Crippen molar-refractivity contribution in [2.75, 3.05) is 7.05 Å². The van der Waals surface area contributed by atoms with Gasteiger partial charge in [0.1, 0.15) is 0 Å². The zero-order valence-corrected chi connectivity index (χ0v) is 7.19. The van der Waals surface area contributed by atoms with Crippen LogP contribution in [0.2, 0.25) is 0 Å². The lowest BCUT2D eigenvalue weighted by Gasteiger charge is -2.15. The van der Waals surface area contributed by atoms with Crippen molar-refractivity contribution in [3.8, 4) is 0 Å². The van der Waals surface area contributed by atoms with Crippen LogP contribution in [0.25, 0.3) is 0 Å². The summed E-state index contributed by atoms with van der Waals surface area (Å²) >= 11 is 0. The lowest BCUT2D eigenvalue weighted by molar-refractivity contribution is 0.428. The van der Waals surface area contributed by atoms with E-state index in [1.54, 1.807) is 0 Å². The molecule has 0 amide bonds. The van der Waals surface area contributed by atoms with Crippen LogP contribution in [0.3, 0.4) is 0 Å². The molecule has 1 heteroatoms. The molecule has 0 spiro atoms. The maximum Gasteiger partial charge on any atom is 0.00666 e. The van der Waals surface area contributed by atoms with Gasteiger partial charge in [0.25, 0.3) is 0 Å². The fraction of sp³-hybridized carbons (Fsp3) is 1.00. The third-order valence-corrected chi connectivity index (χ3v) is 2.59. The fourth-order valence-corrected chi connectivity index (χ4v) is 1.87. The highest BCUT2D eigenvalue weighted by Crippen LogP contribution is 2.22. The van der Waals surface area contributed by atoms with Crippen LogP contribution < -0.4 is 5.32 Å². The van der Waals surface area contributed by atoms with Gasteiger partial charge in [-0.3, -0.25) is 0 Å². The third-order valence-electron chi connectivity index (χ3n) is 2.59. The van der Waals surface area contributed by atoms with Gasteiger partial charge in [0.2, 0.25) is 0 Å². The molecule has 1 aliphatic carbocycles. The van der Waals surface area contributed by atoms with Gasteiger partial charge in [0.05, 0.1) is 0 Å². The molecule has 0 aromatic carbocycles. The van der Waals surface area contributed by atoms with Crippen molar-refractivity contribution in [1.82, 2.24) is 5.32 Å². The monoisotopic (exact) mass is 141 g/mol. The van der Waals surface area contributed by atoms with E-state index in [0.717, 1.165) is 12.0 Å². The first kappa shape index (κ1) is 8.06. The molecular weight excluding hydrogens is 122 g/mol. The summed E-state index contributed by atoms with van der Waals surface area (Å²) in [5.41, 5.74) is 0. The normalized spacial score (nSPS) is 35.4. The predicted molar refractivity (Wildman–Crippen MR) is 45.1 cm³/mol. The molecule has 2 unspecified atom stereocenters. The predicted octanol–water partition coefficient (Wildman–Crippen LogP) is 2.17. The van der Waals surface area contributed by atoms with Gasteiger partial charge in [0.15, 0.2) is 0 Å². The summed E-state index contributed by atoms with van der Waals surface area (Å²) in [7, 11) is 2.09. The van der Waals surface area contributed by atoms with E-state index in [9.17, 15) is 0 Å². The Bertz CT molecular complexity index is 90.7. The summed E-state index contributed by atoms with van der Waals surface area (Å²) < 4.78 is 0. The fourth-order valence-electron chi connectivity index (χ4n) is 1.87. The molecule has 2 atom stereocenters. The second-order valence-electron chi connectivity index (χ2n) is 3.61. The van der Waals surface area contributed by atoms with Gasteiger partial charge in [-0.2, -0.15) is 0 Å². The molecule has 0 aromatic rings. The molecule has 1 aliphatic rings. The molecular formula is C9H19N. The molecule has 0 saturated heterocycles. The molecule has 60 valence electrons. The Morgan fingerprint density at radius 1 is 1.20 bits per heavy atom. The standard InChI is InChI=1S/C9H19N/c1-8-5-3-4-6-9(7-8)10-2/h8-10H,3-7H2,1-2H3. The molecule has 0 radical (unpaired) electrons. The van der Waals surface area contributed by atoms with E-state index in [2.05, 4.69) is 19.3 Å². The highest BCUT2D eigenvalue weighted by molar-refractivity contribution is 4.72. The van der Waals surface area contributed by atoms with Crippen molar-refractivity contribution in [3.05, 3.63) is 0 Å². The first-order chi connectivity index (χ1) is 4.83. The number of nitrogens with one attached hydrogen (secondary N) is 1. The van der Waals surface area contributed by atoms with Crippen LogP contribution in [-0.4, -0.2) is 13.1 Å². The molecule has 10 heavy (non-hydrogen) atoms. The first-order valence-electron chi connectivity index (χ1n) is 4.50. The topological polar surface area (TPSA) is 12.0 Å². The number of hydrogen-bond donors (Lipinski definition) is 1. The highest BCUT2D eigenvalue weighted by atomic mass is 14.9. The molecule has 0 heterocycles. The van der Waals surface area contributed by atoms with Crippen molar-refractivity contribution in [2.24, 2.45) is 5.92 Å². The average molecular weight is 141 g/mol. The van der Waals surface area contributed by atoms with Crippen molar-refractivity contribution in [3.63, 3.8) is 0 Å². The summed E-state index contributed by atoms with van der Waals surface area (Å²) in [6, 6.07) is 0.803. The van der Waals surface area contributed by atoms with E-state index in [-0.39, 0.29) is 0 Å². The van der Waals surface area contributed by atoms with Crippen LogP contribution in [0.5, 0.6) is 0 Å². The first-order valence-corrected chi connectivity index (χ1v) is 4.50. The van der Waals surface area contributed by atoms with E-state index in [1.807, 2.05) is 0 Å². The Balaban J connectivity index is 2.30. The minimum absolute atomic E-state index is 0.803. The van der Waals surface area contributed by atoms with E-state index < -0.39 is 0 Å². The van der Waals surface area contributed by atoms with Gasteiger partial charge < -0.3 is 5.32 Å². The molecule has 1 saturated carbocycles. The average Bonchev–Trinajstić information content (AvgIpc) is 2.13. The Kier molecular flexibility index (Phi) is 3.20. The Labute approximate surface area is 64.2 Å². The van der Waals surface area contributed by atoms with Gasteiger partial charge in [-0.1, -0.05) is 26.2 Å². The van der Waals surface area contributed by atoms with E-state index in [1.165, 1.54) is 32.1 Å². The summed E-state index contributed by atoms with van der Waals surface area (Å²) in [6.45, 7) is 2.37. The quantitative estimate of drug-likeness (QED) is 0.552. The second-order valence-corrected chi connectivity index (χ2v) is 3.61. The van der Waals surface area contributed by atoms with Crippen LogP contribution in [-0.2, 0) is 0 Å². The van der Waals surface area contributed by atoms with Crippen LogP contribution in [0.15, 0.2) is 0 Å². The van der Waals surface area contributed by atoms with Crippen molar-refractivity contribution >= 4 is 0 Å². The SMILES string of the molecule is CNC1CCCCC(C)C1. The lowest BCUT2D eigenvalue weighted by Crippen LogP contribution is -2.25. The molecule has 0 aliphatic heterocycles. The molecule has 0 aromatic heterocycles. The zero-order valence-electron chi connectivity index (χ0n) is 7.19. The van der Waals surface area contributed by atoms with Gasteiger partial charge in [0, 0.05) is 6.04 Å². The van der Waals surface area contributed by atoms with Gasteiger partial charge in [-0.15, -0.1) is 0 Å². The molecule has 1 rings (SSSR count). The summed E-state index contributed by atoms with van der Waals surface area (Å²) in [5, 5.41) is 3.37. The number of rotatable bonds is 1. The maximum absolute atomic E-state index is 3.37. The maximum atomic E-state index is 3.37. The smallest absolute Gasteiger partial charge is 0.00666 e. The molecule has 1 fully saturated rings. The molecule has 0 bridgehead atoms. The van der Waals surface area contributed by atoms with E-state index in [0.29, 0.717) is 0 Å². The molecule has 1 nitrogen and oxygen atoms in total. The minimum Gasteiger partial charge on any atom is -0.317 e. The van der Waals surface area contributed by atoms with E-state index in [4.69, 9.17) is 0 Å². The van der Waals surface area contributed by atoms with E-state index >= 15 is 0 Å². The van der Waals surface area contributed by atoms with Crippen LogP contribution in [0.1, 0.15) is 39.0 Å². The minimum atomic E-state index is 0.803. The van der Waals surface area contributed by atoms with Crippen molar-refractivity contribution < 1.29 is 0 Å². The zero-order chi connectivity index (χ0) is 7.40. The van der Waals surface area contributed by atoms with Crippen LogP contribution in [0, 0.1) is 5.92 Å². The Hall–Kier alpha value is -0.0400. The van der Waals surface area contributed by atoms with Gasteiger partial charge in [-0.25, -0.2) is 0 Å². The van der Waals surface area contributed by atoms with Crippen LogP contribution in [0.4, 0.5) is 0 Å². The van der Waals surface area contributed by atoms with Gasteiger partial charge >= 0.3 is 0 Å². The molecule has 1 N–H and O–H groups in total. The highest BCUT2D eigenvalue weighted by Gasteiger charge is 2.14. The third kappa shape index (κ3) is 2.30. The van der Waals surface area contributed by atoms with Crippen LogP contribution >= 0.6 is 0 Å². The van der Waals surface area contributed by atoms with Crippen molar-refractivity contribution in [2.45, 2.75) is 45.1 Å². The number of hydrogen-bond acceptors (Lipinski definition) is 1. The largest absolute Gasteiger partial charge is 0.317 e. The van der Waals surface area contributed by atoms with Crippen molar-refractivity contribution in [1.29, 1.82) is 0 Å². The second kappa shape index (κ2) is 3.97. The summed E-state index contributed by atoms with van der Waals surface area (Å²) in [6.07, 6.45) is 7.09.